The Morgan fingerprint density at radius 3 is 2.82 bits per heavy atom. The van der Waals surface area contributed by atoms with Crippen LogP contribution in [-0.4, -0.2) is 31.2 Å². The summed E-state index contributed by atoms with van der Waals surface area (Å²) < 4.78 is 24.2. The first-order chi connectivity index (χ1) is 10.4. The maximum Gasteiger partial charge on any atom is 0.250 e. The molecule has 1 aliphatic heterocycles. The Morgan fingerprint density at radius 2 is 2.18 bits per heavy atom. The molecule has 120 valence electrons. The molecule has 1 aromatic heterocycles. The van der Waals surface area contributed by atoms with E-state index in [2.05, 4.69) is 5.32 Å². The second kappa shape index (κ2) is 6.91. The third-order valence-corrected chi connectivity index (χ3v) is 5.07. The van der Waals surface area contributed by atoms with Crippen molar-refractivity contribution in [2.75, 3.05) is 12.3 Å². The van der Waals surface area contributed by atoms with Gasteiger partial charge in [0.25, 0.3) is 5.56 Å². The van der Waals surface area contributed by atoms with Crippen LogP contribution in [0.5, 0.6) is 0 Å². The molecule has 2 rings (SSSR count). The van der Waals surface area contributed by atoms with Gasteiger partial charge in [-0.25, -0.2) is 8.42 Å². The van der Waals surface area contributed by atoms with Gasteiger partial charge in [-0.3, -0.25) is 9.59 Å². The van der Waals surface area contributed by atoms with Crippen LogP contribution in [0.4, 0.5) is 0 Å². The molecule has 1 aliphatic rings. The highest BCUT2D eigenvalue weighted by molar-refractivity contribution is 7.94. The number of aryl methyl sites for hydroxylation is 1. The second-order valence-corrected chi connectivity index (χ2v) is 7.41. The fraction of sp³-hybridized carbons (Fsp3) is 0.467. The third-order valence-electron chi connectivity index (χ3n) is 3.60. The molecule has 0 spiro atoms. The highest BCUT2D eigenvalue weighted by atomic mass is 32.2. The Kier molecular flexibility index (Phi) is 5.18. The number of carbonyl (C=O) groups excluding carboxylic acids is 1. The van der Waals surface area contributed by atoms with Crippen LogP contribution in [0.25, 0.3) is 0 Å². The summed E-state index contributed by atoms with van der Waals surface area (Å²) in [5, 5.41) is 3.94. The Morgan fingerprint density at radius 1 is 1.41 bits per heavy atom. The molecule has 1 unspecified atom stereocenters. The van der Waals surface area contributed by atoms with E-state index in [1.165, 1.54) is 11.5 Å². The molecule has 0 aromatic carbocycles. The van der Waals surface area contributed by atoms with Crippen LogP contribution in [0.1, 0.15) is 18.5 Å². The summed E-state index contributed by atoms with van der Waals surface area (Å²) in [4.78, 5) is 23.4. The summed E-state index contributed by atoms with van der Waals surface area (Å²) in [5.41, 5.74) is 0.841. The minimum atomic E-state index is -3.11. The summed E-state index contributed by atoms with van der Waals surface area (Å²) in [7, 11) is -3.11. The first-order valence-electron chi connectivity index (χ1n) is 7.21. The highest BCUT2D eigenvalue weighted by Gasteiger charge is 2.23. The molecule has 0 aliphatic carbocycles. The van der Waals surface area contributed by atoms with Crippen molar-refractivity contribution in [2.45, 2.75) is 26.3 Å². The Hall–Kier alpha value is -1.89. The second-order valence-electron chi connectivity index (χ2n) is 5.48. The number of pyridine rings is 1. The van der Waals surface area contributed by atoms with E-state index >= 15 is 0 Å². The Labute approximate surface area is 129 Å². The predicted octanol–water partition coefficient (Wildman–Crippen LogP) is 0.611. The SMILES string of the molecule is Cc1cccc(=O)n1CCCNC(=O)CC1C=CS(=O)(=O)C1. The summed E-state index contributed by atoms with van der Waals surface area (Å²) >= 11 is 0. The molecule has 6 nitrogen and oxygen atoms in total. The minimum Gasteiger partial charge on any atom is -0.356 e. The monoisotopic (exact) mass is 324 g/mol. The van der Waals surface area contributed by atoms with Crippen molar-refractivity contribution >= 4 is 15.7 Å². The van der Waals surface area contributed by atoms with E-state index in [1.807, 2.05) is 13.0 Å². The number of amides is 1. The predicted molar refractivity (Wildman–Crippen MR) is 84.1 cm³/mol. The molecule has 0 radical (unpaired) electrons. The lowest BCUT2D eigenvalue weighted by molar-refractivity contribution is -0.121. The molecule has 2 heterocycles. The molecule has 1 N–H and O–H groups in total. The molecule has 7 heteroatoms. The maximum atomic E-state index is 11.7. The van der Waals surface area contributed by atoms with Gasteiger partial charge in [0.05, 0.1) is 5.75 Å². The zero-order valence-corrected chi connectivity index (χ0v) is 13.3. The van der Waals surface area contributed by atoms with Gasteiger partial charge >= 0.3 is 0 Å². The van der Waals surface area contributed by atoms with E-state index in [9.17, 15) is 18.0 Å². The normalized spacial score (nSPS) is 19.2. The van der Waals surface area contributed by atoms with Crippen LogP contribution in [0.2, 0.25) is 0 Å². The number of nitrogens with one attached hydrogen (secondary N) is 1. The van der Waals surface area contributed by atoms with E-state index in [1.54, 1.807) is 16.7 Å². The number of sulfone groups is 1. The average molecular weight is 324 g/mol. The first-order valence-corrected chi connectivity index (χ1v) is 8.93. The molecule has 1 amide bonds. The van der Waals surface area contributed by atoms with E-state index in [0.29, 0.717) is 19.5 Å². The van der Waals surface area contributed by atoms with Crippen molar-refractivity contribution in [3.8, 4) is 0 Å². The lowest BCUT2D eigenvalue weighted by Crippen LogP contribution is -2.29. The fourth-order valence-corrected chi connectivity index (χ4v) is 3.85. The molecular formula is C15H20N2O4S. The van der Waals surface area contributed by atoms with Crippen molar-refractivity contribution in [1.29, 1.82) is 0 Å². The van der Waals surface area contributed by atoms with E-state index < -0.39 is 9.84 Å². The van der Waals surface area contributed by atoms with Crippen LogP contribution in [-0.2, 0) is 21.2 Å². The first kappa shape index (κ1) is 16.5. The topological polar surface area (TPSA) is 85.2 Å². The van der Waals surface area contributed by atoms with Gasteiger partial charge in [-0.2, -0.15) is 0 Å². The van der Waals surface area contributed by atoms with Crippen LogP contribution >= 0.6 is 0 Å². The van der Waals surface area contributed by atoms with Gasteiger partial charge < -0.3 is 9.88 Å². The summed E-state index contributed by atoms with van der Waals surface area (Å²) in [5.74, 6) is -0.383. The number of aromatic nitrogens is 1. The molecule has 0 saturated heterocycles. The van der Waals surface area contributed by atoms with Crippen LogP contribution in [0.3, 0.4) is 0 Å². The van der Waals surface area contributed by atoms with Gasteiger partial charge in [0.15, 0.2) is 9.84 Å². The largest absolute Gasteiger partial charge is 0.356 e. The zero-order valence-electron chi connectivity index (χ0n) is 12.5. The fourth-order valence-electron chi connectivity index (χ4n) is 2.45. The van der Waals surface area contributed by atoms with Crippen LogP contribution in [0.15, 0.2) is 34.5 Å². The summed E-state index contributed by atoms with van der Waals surface area (Å²) in [6, 6.07) is 5.10. The summed E-state index contributed by atoms with van der Waals surface area (Å²) in [6.07, 6.45) is 2.40. The van der Waals surface area contributed by atoms with Crippen molar-refractivity contribution in [1.82, 2.24) is 9.88 Å². The number of rotatable bonds is 6. The zero-order chi connectivity index (χ0) is 16.2. The standard InChI is InChI=1S/C15H20N2O4S/c1-12-4-2-5-15(19)17(12)8-3-7-16-14(18)10-13-6-9-22(20,21)11-13/h2,4-6,9,13H,3,7-8,10-11H2,1H3,(H,16,18). The Bertz CT molecular complexity index is 734. The molecule has 0 fully saturated rings. The molecule has 0 saturated carbocycles. The van der Waals surface area contributed by atoms with E-state index in [4.69, 9.17) is 0 Å². The minimum absolute atomic E-state index is 0.0129. The van der Waals surface area contributed by atoms with Crippen LogP contribution in [0, 0.1) is 12.8 Å². The third kappa shape index (κ3) is 4.56. The van der Waals surface area contributed by atoms with Crippen molar-refractivity contribution in [2.24, 2.45) is 5.92 Å². The molecule has 22 heavy (non-hydrogen) atoms. The van der Waals surface area contributed by atoms with Gasteiger partial charge in [0.2, 0.25) is 5.91 Å². The molecular weight excluding hydrogens is 304 g/mol. The van der Waals surface area contributed by atoms with Crippen LogP contribution < -0.4 is 10.9 Å². The van der Waals surface area contributed by atoms with E-state index in [0.717, 1.165) is 5.69 Å². The molecule has 0 bridgehead atoms. The van der Waals surface area contributed by atoms with Gasteiger partial charge in [-0.05, 0) is 19.4 Å². The summed E-state index contributed by atoms with van der Waals surface area (Å²) in [6.45, 7) is 2.87. The van der Waals surface area contributed by atoms with E-state index in [-0.39, 0.29) is 29.6 Å². The lowest BCUT2D eigenvalue weighted by Gasteiger charge is -2.11. The van der Waals surface area contributed by atoms with Gasteiger partial charge in [0.1, 0.15) is 0 Å². The molecule has 1 atom stereocenters. The molecule has 1 aromatic rings. The lowest BCUT2D eigenvalue weighted by atomic mass is 10.1. The van der Waals surface area contributed by atoms with Gasteiger partial charge in [-0.15, -0.1) is 0 Å². The maximum absolute atomic E-state index is 11.7. The number of allylic oxidation sites excluding steroid dienone is 1. The number of hydrogen-bond donors (Lipinski definition) is 1. The number of hydrogen-bond acceptors (Lipinski definition) is 4. The number of nitrogens with zero attached hydrogens (tertiary/aromatic N) is 1. The average Bonchev–Trinajstić information content (AvgIpc) is 2.76. The highest BCUT2D eigenvalue weighted by Crippen LogP contribution is 2.17. The number of carbonyl (C=O) groups is 1. The van der Waals surface area contributed by atoms with Gasteiger partial charge in [0, 0.05) is 42.6 Å². The van der Waals surface area contributed by atoms with Crippen molar-refractivity contribution in [3.05, 3.63) is 45.7 Å². The quantitative estimate of drug-likeness (QED) is 0.777. The van der Waals surface area contributed by atoms with Crippen molar-refractivity contribution in [3.63, 3.8) is 0 Å². The van der Waals surface area contributed by atoms with Crippen molar-refractivity contribution < 1.29 is 13.2 Å². The Balaban J connectivity index is 1.72. The smallest absolute Gasteiger partial charge is 0.250 e. The van der Waals surface area contributed by atoms with Gasteiger partial charge in [-0.1, -0.05) is 12.1 Å².